The van der Waals surface area contributed by atoms with Gasteiger partial charge in [-0.3, -0.25) is 4.99 Å². The summed E-state index contributed by atoms with van der Waals surface area (Å²) in [5.74, 6) is 2.22. The number of nitrogens with one attached hydrogen (secondary N) is 2. The van der Waals surface area contributed by atoms with Gasteiger partial charge in [0.05, 0.1) is 13.2 Å². The largest absolute Gasteiger partial charge is 0.491 e. The molecule has 164 valence electrons. The molecule has 0 radical (unpaired) electrons. The van der Waals surface area contributed by atoms with Crippen LogP contribution in [-0.4, -0.2) is 44.9 Å². The van der Waals surface area contributed by atoms with Crippen LogP contribution in [0.5, 0.6) is 11.6 Å². The summed E-state index contributed by atoms with van der Waals surface area (Å²) in [6.45, 7) is 7.10. The van der Waals surface area contributed by atoms with Crippen LogP contribution in [-0.2, 0) is 17.8 Å². The molecule has 2 N–H and O–H groups in total. The lowest BCUT2D eigenvalue weighted by Crippen LogP contribution is -2.36. The SMILES string of the molecule is CCCCOc1ncccc1CNC(=NC)NCc1ccc(C)cc1OCCOC. The van der Waals surface area contributed by atoms with E-state index in [2.05, 4.69) is 46.6 Å². The van der Waals surface area contributed by atoms with Gasteiger partial charge in [0.1, 0.15) is 12.4 Å². The van der Waals surface area contributed by atoms with Crippen LogP contribution in [0.3, 0.4) is 0 Å². The van der Waals surface area contributed by atoms with Crippen LogP contribution in [0, 0.1) is 6.92 Å². The third kappa shape index (κ3) is 7.91. The van der Waals surface area contributed by atoms with Crippen molar-refractivity contribution in [2.75, 3.05) is 34.0 Å². The second-order valence-electron chi connectivity index (χ2n) is 6.90. The van der Waals surface area contributed by atoms with E-state index in [1.165, 1.54) is 0 Å². The number of aromatic nitrogens is 1. The number of benzene rings is 1. The molecule has 1 aromatic heterocycles. The van der Waals surface area contributed by atoms with Gasteiger partial charge in [-0.15, -0.1) is 0 Å². The van der Waals surface area contributed by atoms with E-state index in [1.807, 2.05) is 18.2 Å². The average molecular weight is 415 g/mol. The lowest BCUT2D eigenvalue weighted by molar-refractivity contribution is 0.145. The average Bonchev–Trinajstić information content (AvgIpc) is 2.76. The van der Waals surface area contributed by atoms with E-state index in [9.17, 15) is 0 Å². The summed E-state index contributed by atoms with van der Waals surface area (Å²) in [6, 6.07) is 10.1. The third-order valence-electron chi connectivity index (χ3n) is 4.47. The highest BCUT2D eigenvalue weighted by Crippen LogP contribution is 2.20. The van der Waals surface area contributed by atoms with Crippen molar-refractivity contribution in [2.24, 2.45) is 4.99 Å². The molecule has 0 aliphatic rings. The Kier molecular flexibility index (Phi) is 10.5. The minimum atomic E-state index is 0.516. The number of pyridine rings is 1. The second-order valence-corrected chi connectivity index (χ2v) is 6.90. The normalized spacial score (nSPS) is 11.3. The van der Waals surface area contributed by atoms with Crippen molar-refractivity contribution in [2.45, 2.75) is 39.8 Å². The molecule has 0 atom stereocenters. The number of aryl methyl sites for hydroxylation is 1. The highest BCUT2D eigenvalue weighted by Gasteiger charge is 2.08. The molecule has 0 saturated heterocycles. The van der Waals surface area contributed by atoms with Gasteiger partial charge in [0, 0.05) is 44.6 Å². The van der Waals surface area contributed by atoms with Crippen LogP contribution in [0.25, 0.3) is 0 Å². The quantitative estimate of drug-likeness (QED) is 0.315. The summed E-state index contributed by atoms with van der Waals surface area (Å²) in [5, 5.41) is 6.67. The van der Waals surface area contributed by atoms with Crippen LogP contribution >= 0.6 is 0 Å². The van der Waals surface area contributed by atoms with Crippen LogP contribution in [0.2, 0.25) is 0 Å². The van der Waals surface area contributed by atoms with Crippen LogP contribution in [0.4, 0.5) is 0 Å². The fourth-order valence-corrected chi connectivity index (χ4v) is 2.76. The monoisotopic (exact) mass is 414 g/mol. The Balaban J connectivity index is 1.93. The molecule has 7 nitrogen and oxygen atoms in total. The first kappa shape index (κ1) is 23.5. The van der Waals surface area contributed by atoms with Crippen LogP contribution < -0.4 is 20.1 Å². The maximum Gasteiger partial charge on any atom is 0.218 e. The first-order valence-corrected chi connectivity index (χ1v) is 10.4. The van der Waals surface area contributed by atoms with Gasteiger partial charge < -0.3 is 24.8 Å². The Morgan fingerprint density at radius 1 is 1.03 bits per heavy atom. The Bertz CT molecular complexity index is 796. The Hall–Kier alpha value is -2.80. The molecule has 0 amide bonds. The minimum Gasteiger partial charge on any atom is -0.491 e. The molecule has 0 aliphatic heterocycles. The van der Waals surface area contributed by atoms with Crippen molar-refractivity contribution in [1.29, 1.82) is 0 Å². The maximum absolute atomic E-state index is 5.87. The summed E-state index contributed by atoms with van der Waals surface area (Å²) in [4.78, 5) is 8.67. The van der Waals surface area contributed by atoms with Crippen LogP contribution in [0.1, 0.15) is 36.5 Å². The number of hydrogen-bond donors (Lipinski definition) is 2. The molecular weight excluding hydrogens is 380 g/mol. The molecule has 0 aliphatic carbocycles. The molecular formula is C23H34N4O3. The number of ether oxygens (including phenoxy) is 3. The standard InChI is InChI=1S/C23H34N4O3/c1-5-6-12-30-22-20(8-7-11-25-22)17-27-23(24-3)26-16-19-10-9-18(2)15-21(19)29-14-13-28-4/h7-11,15H,5-6,12-14,16-17H2,1-4H3,(H2,24,26,27). The lowest BCUT2D eigenvalue weighted by atomic mass is 10.1. The van der Waals surface area contributed by atoms with Gasteiger partial charge in [-0.1, -0.05) is 31.5 Å². The fourth-order valence-electron chi connectivity index (χ4n) is 2.76. The number of unbranched alkanes of at least 4 members (excludes halogenated alkanes) is 1. The lowest BCUT2D eigenvalue weighted by Gasteiger charge is -2.16. The van der Waals surface area contributed by atoms with E-state index in [0.717, 1.165) is 35.3 Å². The molecule has 7 heteroatoms. The Morgan fingerprint density at radius 3 is 2.57 bits per heavy atom. The van der Waals surface area contributed by atoms with Crippen molar-refractivity contribution in [1.82, 2.24) is 15.6 Å². The van der Waals surface area contributed by atoms with E-state index in [-0.39, 0.29) is 0 Å². The van der Waals surface area contributed by atoms with Crippen molar-refractivity contribution in [3.05, 3.63) is 53.2 Å². The Morgan fingerprint density at radius 2 is 1.83 bits per heavy atom. The molecule has 1 aromatic carbocycles. The highest BCUT2D eigenvalue weighted by atomic mass is 16.5. The molecule has 0 fully saturated rings. The second kappa shape index (κ2) is 13.4. The first-order chi connectivity index (χ1) is 14.7. The highest BCUT2D eigenvalue weighted by molar-refractivity contribution is 5.79. The smallest absolute Gasteiger partial charge is 0.218 e. The molecule has 2 aromatic rings. The molecule has 0 bridgehead atoms. The number of aliphatic imine (C=N–C) groups is 1. The summed E-state index contributed by atoms with van der Waals surface area (Å²) in [7, 11) is 3.42. The maximum atomic E-state index is 5.87. The molecule has 30 heavy (non-hydrogen) atoms. The van der Waals surface area contributed by atoms with Crippen molar-refractivity contribution < 1.29 is 14.2 Å². The van der Waals surface area contributed by atoms with Crippen molar-refractivity contribution in [3.63, 3.8) is 0 Å². The molecule has 0 saturated carbocycles. The van der Waals surface area contributed by atoms with Crippen LogP contribution in [0.15, 0.2) is 41.5 Å². The molecule has 2 rings (SSSR count). The number of rotatable bonds is 12. The number of nitrogens with zero attached hydrogens (tertiary/aromatic N) is 2. The zero-order valence-corrected chi connectivity index (χ0v) is 18.5. The summed E-state index contributed by atoms with van der Waals surface area (Å²) in [6.07, 6.45) is 3.85. The summed E-state index contributed by atoms with van der Waals surface area (Å²) in [5.41, 5.74) is 3.21. The van der Waals surface area contributed by atoms with E-state index < -0.39 is 0 Å². The van der Waals surface area contributed by atoms with Crippen molar-refractivity contribution >= 4 is 5.96 Å². The van der Waals surface area contributed by atoms with Gasteiger partial charge in [0.15, 0.2) is 5.96 Å². The van der Waals surface area contributed by atoms with Gasteiger partial charge in [-0.05, 0) is 31.0 Å². The van der Waals surface area contributed by atoms with Gasteiger partial charge in [0.2, 0.25) is 5.88 Å². The van der Waals surface area contributed by atoms with Gasteiger partial charge in [-0.25, -0.2) is 4.98 Å². The van der Waals surface area contributed by atoms with E-state index >= 15 is 0 Å². The summed E-state index contributed by atoms with van der Waals surface area (Å²) < 4.78 is 16.8. The third-order valence-corrected chi connectivity index (χ3v) is 4.47. The zero-order chi connectivity index (χ0) is 21.6. The van der Waals surface area contributed by atoms with E-state index in [1.54, 1.807) is 20.4 Å². The minimum absolute atomic E-state index is 0.516. The topological polar surface area (TPSA) is 77.0 Å². The molecule has 0 unspecified atom stereocenters. The summed E-state index contributed by atoms with van der Waals surface area (Å²) >= 11 is 0. The number of guanidine groups is 1. The van der Waals surface area contributed by atoms with Gasteiger partial charge >= 0.3 is 0 Å². The number of methoxy groups -OCH3 is 1. The number of hydrogen-bond acceptors (Lipinski definition) is 5. The first-order valence-electron chi connectivity index (χ1n) is 10.4. The fraction of sp³-hybridized carbons (Fsp3) is 0.478. The predicted molar refractivity (Wildman–Crippen MR) is 120 cm³/mol. The van der Waals surface area contributed by atoms with Gasteiger partial charge in [-0.2, -0.15) is 0 Å². The molecule has 1 heterocycles. The van der Waals surface area contributed by atoms with E-state index in [0.29, 0.717) is 44.7 Å². The van der Waals surface area contributed by atoms with Gasteiger partial charge in [0.25, 0.3) is 0 Å². The molecule has 0 spiro atoms. The predicted octanol–water partition coefficient (Wildman–Crippen LogP) is 3.46. The Labute approximate surface area is 179 Å². The van der Waals surface area contributed by atoms with E-state index in [4.69, 9.17) is 14.2 Å². The van der Waals surface area contributed by atoms with Crippen molar-refractivity contribution in [3.8, 4) is 11.6 Å². The zero-order valence-electron chi connectivity index (χ0n) is 18.5.